The number of amides is 1. The Labute approximate surface area is 167 Å². The van der Waals surface area contributed by atoms with Crippen LogP contribution in [0.25, 0.3) is 0 Å². The van der Waals surface area contributed by atoms with E-state index < -0.39 is 0 Å². The number of ether oxygens (including phenoxy) is 2. The highest BCUT2D eigenvalue weighted by Gasteiger charge is 2.25. The number of unbranched alkanes of at least 4 members (excludes halogenated alkanes) is 1. The lowest BCUT2D eigenvalue weighted by atomic mass is 10.1. The molecule has 1 saturated heterocycles. The van der Waals surface area contributed by atoms with Gasteiger partial charge in [0.2, 0.25) is 0 Å². The van der Waals surface area contributed by atoms with Gasteiger partial charge >= 0.3 is 0 Å². The average Bonchev–Trinajstić information content (AvgIpc) is 3.15. The van der Waals surface area contributed by atoms with Crippen LogP contribution in [-0.4, -0.2) is 54.8 Å². The van der Waals surface area contributed by atoms with Gasteiger partial charge in [-0.2, -0.15) is 0 Å². The molecule has 28 heavy (non-hydrogen) atoms. The summed E-state index contributed by atoms with van der Waals surface area (Å²) in [5, 5.41) is 3.11. The Kier molecular flexibility index (Phi) is 7.51. The molecule has 1 atom stereocenters. The Balaban J connectivity index is 1.60. The molecule has 2 aromatic rings. The molecule has 1 aromatic carbocycles. The summed E-state index contributed by atoms with van der Waals surface area (Å²) < 4.78 is 13.3. The lowest BCUT2D eigenvalue weighted by Crippen LogP contribution is -2.44. The van der Waals surface area contributed by atoms with Gasteiger partial charge in [-0.25, -0.2) is 0 Å². The highest BCUT2D eigenvalue weighted by Crippen LogP contribution is 2.21. The summed E-state index contributed by atoms with van der Waals surface area (Å²) in [5.74, 6) is 0.743. The maximum absolute atomic E-state index is 12.7. The van der Waals surface area contributed by atoms with E-state index in [2.05, 4.69) is 27.8 Å². The summed E-state index contributed by atoms with van der Waals surface area (Å²) in [6, 6.07) is 11.7. The maximum Gasteiger partial charge on any atom is 0.251 e. The van der Waals surface area contributed by atoms with E-state index in [4.69, 9.17) is 9.47 Å². The molecule has 1 N–H and O–H groups in total. The van der Waals surface area contributed by atoms with Crippen molar-refractivity contribution in [1.82, 2.24) is 14.8 Å². The largest absolute Gasteiger partial charge is 0.494 e. The minimum Gasteiger partial charge on any atom is -0.494 e. The van der Waals surface area contributed by atoms with Crippen molar-refractivity contribution in [2.45, 2.75) is 25.8 Å². The number of carbonyl (C=O) groups excluding carboxylic acids is 1. The van der Waals surface area contributed by atoms with Crippen molar-refractivity contribution < 1.29 is 14.3 Å². The van der Waals surface area contributed by atoms with Crippen LogP contribution in [0, 0.1) is 0 Å². The van der Waals surface area contributed by atoms with Crippen molar-refractivity contribution in [3.63, 3.8) is 0 Å². The molecule has 6 heteroatoms. The van der Waals surface area contributed by atoms with Gasteiger partial charge in [-0.15, -0.1) is 0 Å². The van der Waals surface area contributed by atoms with Gasteiger partial charge in [0.05, 0.1) is 25.9 Å². The number of morpholine rings is 1. The molecule has 1 fully saturated rings. The first-order valence-electron chi connectivity index (χ1n) is 10.1. The van der Waals surface area contributed by atoms with Gasteiger partial charge < -0.3 is 19.4 Å². The Morgan fingerprint density at radius 1 is 1.21 bits per heavy atom. The first-order valence-corrected chi connectivity index (χ1v) is 10.1. The number of hydrogen-bond donors (Lipinski definition) is 1. The van der Waals surface area contributed by atoms with Crippen LogP contribution < -0.4 is 10.1 Å². The number of rotatable bonds is 9. The normalized spacial score (nSPS) is 15.9. The molecular formula is C22H31N3O3. The third-order valence-electron chi connectivity index (χ3n) is 5.15. The maximum atomic E-state index is 12.7. The second-order valence-electron chi connectivity index (χ2n) is 7.14. The minimum absolute atomic E-state index is 0.0624. The molecular weight excluding hydrogens is 354 g/mol. The molecule has 1 amide bonds. The van der Waals surface area contributed by atoms with Crippen LogP contribution in [0.5, 0.6) is 5.75 Å². The first kappa shape index (κ1) is 20.4. The highest BCUT2D eigenvalue weighted by atomic mass is 16.5. The van der Waals surface area contributed by atoms with E-state index >= 15 is 0 Å². The van der Waals surface area contributed by atoms with Crippen LogP contribution in [0.15, 0.2) is 42.6 Å². The van der Waals surface area contributed by atoms with Crippen LogP contribution in [0.3, 0.4) is 0 Å². The smallest absolute Gasteiger partial charge is 0.251 e. The van der Waals surface area contributed by atoms with Gasteiger partial charge in [0.25, 0.3) is 5.91 Å². The fourth-order valence-corrected chi connectivity index (χ4v) is 3.46. The van der Waals surface area contributed by atoms with Gasteiger partial charge in [0, 0.05) is 44.1 Å². The summed E-state index contributed by atoms with van der Waals surface area (Å²) >= 11 is 0. The van der Waals surface area contributed by atoms with Crippen LogP contribution in [0.4, 0.5) is 0 Å². The zero-order valence-corrected chi connectivity index (χ0v) is 16.9. The molecule has 1 unspecified atom stereocenters. The van der Waals surface area contributed by atoms with Crippen LogP contribution in [0.1, 0.15) is 41.9 Å². The van der Waals surface area contributed by atoms with E-state index in [1.807, 2.05) is 43.6 Å². The molecule has 0 saturated carbocycles. The lowest BCUT2D eigenvalue weighted by Gasteiger charge is -2.35. The quantitative estimate of drug-likeness (QED) is 0.674. The highest BCUT2D eigenvalue weighted by molar-refractivity contribution is 5.94. The fourth-order valence-electron chi connectivity index (χ4n) is 3.46. The van der Waals surface area contributed by atoms with Crippen molar-refractivity contribution in [3.05, 3.63) is 53.9 Å². The van der Waals surface area contributed by atoms with Gasteiger partial charge in [0.15, 0.2) is 0 Å². The molecule has 0 spiro atoms. The van der Waals surface area contributed by atoms with E-state index in [0.717, 1.165) is 44.9 Å². The standard InChI is InChI=1S/C22H31N3O3/c1-3-4-14-28-19-9-7-18(8-10-19)22(26)23-17-21(20-6-5-11-24(20)2)25-12-15-27-16-13-25/h5-11,21H,3-4,12-17H2,1-2H3,(H,23,26). The molecule has 0 radical (unpaired) electrons. The molecule has 6 nitrogen and oxygen atoms in total. The zero-order chi connectivity index (χ0) is 19.8. The van der Waals surface area contributed by atoms with E-state index in [9.17, 15) is 4.79 Å². The zero-order valence-electron chi connectivity index (χ0n) is 16.9. The predicted octanol–water partition coefficient (Wildman–Crippen LogP) is 3.01. The minimum atomic E-state index is -0.0624. The Morgan fingerprint density at radius 3 is 2.61 bits per heavy atom. The van der Waals surface area contributed by atoms with E-state index in [-0.39, 0.29) is 11.9 Å². The Hall–Kier alpha value is -2.31. The molecule has 2 heterocycles. The summed E-state index contributed by atoms with van der Waals surface area (Å²) in [4.78, 5) is 15.0. The van der Waals surface area contributed by atoms with Crippen molar-refractivity contribution in [1.29, 1.82) is 0 Å². The third kappa shape index (κ3) is 5.36. The molecule has 0 aliphatic carbocycles. The van der Waals surface area contributed by atoms with E-state index in [1.165, 1.54) is 5.69 Å². The van der Waals surface area contributed by atoms with Crippen LogP contribution >= 0.6 is 0 Å². The Morgan fingerprint density at radius 2 is 1.96 bits per heavy atom. The van der Waals surface area contributed by atoms with Crippen LogP contribution in [0.2, 0.25) is 0 Å². The topological polar surface area (TPSA) is 55.7 Å². The van der Waals surface area contributed by atoms with Crippen molar-refractivity contribution in [2.24, 2.45) is 7.05 Å². The second-order valence-corrected chi connectivity index (χ2v) is 7.14. The number of aromatic nitrogens is 1. The molecule has 1 aromatic heterocycles. The summed E-state index contributed by atoms with van der Waals surface area (Å²) in [6.45, 7) is 6.61. The molecule has 3 rings (SSSR count). The average molecular weight is 386 g/mol. The number of carbonyl (C=O) groups is 1. The van der Waals surface area contributed by atoms with Crippen LogP contribution in [-0.2, 0) is 11.8 Å². The van der Waals surface area contributed by atoms with E-state index in [0.29, 0.717) is 18.7 Å². The number of nitrogens with one attached hydrogen (secondary N) is 1. The first-order chi connectivity index (χ1) is 13.7. The second kappa shape index (κ2) is 10.3. The van der Waals surface area contributed by atoms with Gasteiger partial charge in [0.1, 0.15) is 5.75 Å². The SMILES string of the molecule is CCCCOc1ccc(C(=O)NCC(c2cccn2C)N2CCOCC2)cc1. The predicted molar refractivity (Wildman–Crippen MR) is 110 cm³/mol. The summed E-state index contributed by atoms with van der Waals surface area (Å²) in [7, 11) is 2.04. The van der Waals surface area contributed by atoms with Gasteiger partial charge in [-0.1, -0.05) is 13.3 Å². The monoisotopic (exact) mass is 385 g/mol. The molecule has 0 bridgehead atoms. The fraction of sp³-hybridized carbons (Fsp3) is 0.500. The lowest BCUT2D eigenvalue weighted by molar-refractivity contribution is 0.0148. The summed E-state index contributed by atoms with van der Waals surface area (Å²) in [6.07, 6.45) is 4.18. The summed E-state index contributed by atoms with van der Waals surface area (Å²) in [5.41, 5.74) is 1.84. The molecule has 1 aliphatic heterocycles. The number of aryl methyl sites for hydroxylation is 1. The number of nitrogens with zero attached hydrogens (tertiary/aromatic N) is 2. The molecule has 152 valence electrons. The number of benzene rings is 1. The van der Waals surface area contributed by atoms with Crippen molar-refractivity contribution in [2.75, 3.05) is 39.5 Å². The van der Waals surface area contributed by atoms with Gasteiger partial charge in [-0.3, -0.25) is 9.69 Å². The number of hydrogen-bond acceptors (Lipinski definition) is 4. The third-order valence-corrected chi connectivity index (χ3v) is 5.15. The Bertz CT molecular complexity index is 736. The van der Waals surface area contributed by atoms with Gasteiger partial charge in [-0.05, 0) is 42.8 Å². The van der Waals surface area contributed by atoms with Crippen molar-refractivity contribution >= 4 is 5.91 Å². The molecule has 1 aliphatic rings. The van der Waals surface area contributed by atoms with E-state index in [1.54, 1.807) is 0 Å². The van der Waals surface area contributed by atoms with Crippen molar-refractivity contribution in [3.8, 4) is 5.75 Å².